The minimum atomic E-state index is -1.96. The van der Waals surface area contributed by atoms with E-state index in [0.717, 1.165) is 6.07 Å². The van der Waals surface area contributed by atoms with Crippen LogP contribution in [0.25, 0.3) is 22.3 Å². The molecule has 10 atom stereocenters. The minimum Gasteiger partial charge on any atom is -0.508 e. The molecular weight excluding hydrogens is 580 g/mol. The van der Waals surface area contributed by atoms with Crippen LogP contribution in [-0.2, 0) is 9.47 Å². The van der Waals surface area contributed by atoms with Crippen LogP contribution in [0.1, 0.15) is 6.92 Å². The molecule has 16 nitrogen and oxygen atoms in total. The fraction of sp³-hybridized carbons (Fsp3) is 0.444. The van der Waals surface area contributed by atoms with Gasteiger partial charge < -0.3 is 74.4 Å². The van der Waals surface area contributed by atoms with Crippen LogP contribution in [0.15, 0.2) is 39.5 Å². The first-order valence-corrected chi connectivity index (χ1v) is 13.0. The van der Waals surface area contributed by atoms with Gasteiger partial charge in [0.05, 0.1) is 12.7 Å². The lowest BCUT2D eigenvalue weighted by atomic mass is 9.99. The number of fused-ring (bicyclic) bond motifs is 1. The molecule has 2 aliphatic rings. The van der Waals surface area contributed by atoms with E-state index in [2.05, 4.69) is 0 Å². The molecule has 234 valence electrons. The number of aromatic hydroxyl groups is 3. The fourth-order valence-corrected chi connectivity index (χ4v) is 4.82. The molecule has 10 N–H and O–H groups in total. The summed E-state index contributed by atoms with van der Waals surface area (Å²) in [6, 6.07) is 5.90. The molecule has 0 radical (unpaired) electrons. The molecule has 1 aromatic heterocycles. The van der Waals surface area contributed by atoms with Crippen molar-refractivity contribution in [1.29, 1.82) is 0 Å². The summed E-state index contributed by atoms with van der Waals surface area (Å²) in [7, 11) is 0. The molecule has 2 fully saturated rings. The van der Waals surface area contributed by atoms with Crippen LogP contribution >= 0.6 is 0 Å². The van der Waals surface area contributed by atoms with Crippen molar-refractivity contribution in [3.63, 3.8) is 0 Å². The number of benzene rings is 2. The van der Waals surface area contributed by atoms with Crippen LogP contribution in [0.5, 0.6) is 28.7 Å². The van der Waals surface area contributed by atoms with Gasteiger partial charge >= 0.3 is 0 Å². The molecule has 0 saturated carbocycles. The second-order valence-corrected chi connectivity index (χ2v) is 10.2. The minimum absolute atomic E-state index is 0.0934. The van der Waals surface area contributed by atoms with Gasteiger partial charge in [0.25, 0.3) is 0 Å². The molecule has 0 bridgehead atoms. The molecule has 3 aromatic rings. The van der Waals surface area contributed by atoms with E-state index < -0.39 is 113 Å². The first-order chi connectivity index (χ1) is 20.3. The lowest BCUT2D eigenvalue weighted by Gasteiger charge is -2.40. The van der Waals surface area contributed by atoms with Gasteiger partial charge in [-0.05, 0) is 31.2 Å². The highest BCUT2D eigenvalue weighted by Crippen LogP contribution is 2.45. The van der Waals surface area contributed by atoms with Crippen LogP contribution in [0.3, 0.4) is 0 Å². The third-order valence-electron chi connectivity index (χ3n) is 7.31. The number of rotatable bonds is 6. The van der Waals surface area contributed by atoms with Crippen molar-refractivity contribution in [3.05, 3.63) is 40.6 Å². The van der Waals surface area contributed by atoms with Crippen molar-refractivity contribution in [2.45, 2.75) is 68.3 Å². The number of phenolic OH excluding ortho intramolecular Hbond substituents is 2. The van der Waals surface area contributed by atoms with Gasteiger partial charge in [0.15, 0.2) is 17.1 Å². The van der Waals surface area contributed by atoms with Crippen molar-refractivity contribution in [3.8, 4) is 40.1 Å². The summed E-state index contributed by atoms with van der Waals surface area (Å²) in [6.45, 7) is 0.573. The smallest absolute Gasteiger partial charge is 0.238 e. The van der Waals surface area contributed by atoms with E-state index in [-0.39, 0.29) is 11.3 Å². The lowest BCUT2D eigenvalue weighted by Crippen LogP contribution is -2.60. The van der Waals surface area contributed by atoms with Crippen LogP contribution in [0.2, 0.25) is 0 Å². The SMILES string of the molecule is C[C@@H]1O[C@H](Oc2cc(O)c3c(=O)c(O)c(-c4ccc(O)cc4)oc3c2O[C@H]2O[C@@H](CO)[C@H](O)[C@H](O)[C@@H]2O)[C@@H](O)[C@@H](O)[C@H]1O. The molecule has 0 amide bonds. The lowest BCUT2D eigenvalue weighted by molar-refractivity contribution is -0.279. The van der Waals surface area contributed by atoms with E-state index in [9.17, 15) is 55.9 Å². The number of hydrogen-bond acceptors (Lipinski definition) is 16. The third kappa shape index (κ3) is 5.44. The molecule has 16 heteroatoms. The van der Waals surface area contributed by atoms with E-state index in [1.54, 1.807) is 0 Å². The Balaban J connectivity index is 1.69. The topological polar surface area (TPSA) is 269 Å². The summed E-state index contributed by atoms with van der Waals surface area (Å²) in [4.78, 5) is 13.3. The Morgan fingerprint density at radius 3 is 2.02 bits per heavy atom. The number of aliphatic hydroxyl groups excluding tert-OH is 7. The molecule has 43 heavy (non-hydrogen) atoms. The fourth-order valence-electron chi connectivity index (χ4n) is 4.82. The predicted octanol–water partition coefficient (Wildman–Crippen LogP) is -2.04. The molecule has 0 unspecified atom stereocenters. The van der Waals surface area contributed by atoms with Gasteiger partial charge in [-0.25, -0.2) is 0 Å². The van der Waals surface area contributed by atoms with Crippen molar-refractivity contribution in [2.75, 3.05) is 6.61 Å². The van der Waals surface area contributed by atoms with Crippen molar-refractivity contribution >= 4 is 11.0 Å². The Bertz CT molecular complexity index is 1520. The largest absolute Gasteiger partial charge is 0.508 e. The van der Waals surface area contributed by atoms with Gasteiger partial charge in [0.1, 0.15) is 59.6 Å². The second kappa shape index (κ2) is 11.8. The summed E-state index contributed by atoms with van der Waals surface area (Å²) in [6.07, 6.45) is -16.7. The number of phenols is 2. The zero-order chi connectivity index (χ0) is 31.3. The average Bonchev–Trinajstić information content (AvgIpc) is 2.98. The molecule has 2 saturated heterocycles. The number of ether oxygens (including phenoxy) is 4. The van der Waals surface area contributed by atoms with Crippen molar-refractivity contribution < 1.29 is 74.4 Å². The van der Waals surface area contributed by atoms with Crippen LogP contribution in [-0.4, -0.2) is 119 Å². The summed E-state index contributed by atoms with van der Waals surface area (Å²) >= 11 is 0. The predicted molar refractivity (Wildman–Crippen MR) is 140 cm³/mol. The normalized spacial score (nSPS) is 32.9. The van der Waals surface area contributed by atoms with E-state index in [1.807, 2.05) is 0 Å². The number of hydrogen-bond donors (Lipinski definition) is 10. The van der Waals surface area contributed by atoms with E-state index in [4.69, 9.17) is 23.4 Å². The first-order valence-electron chi connectivity index (χ1n) is 13.0. The van der Waals surface area contributed by atoms with Gasteiger partial charge in [-0.2, -0.15) is 0 Å². The first kappa shape index (κ1) is 30.7. The van der Waals surface area contributed by atoms with E-state index in [1.165, 1.54) is 31.2 Å². The highest BCUT2D eigenvalue weighted by molar-refractivity contribution is 5.93. The Labute approximate surface area is 241 Å². The quantitative estimate of drug-likeness (QED) is 0.144. The second-order valence-electron chi connectivity index (χ2n) is 10.2. The van der Waals surface area contributed by atoms with Crippen molar-refractivity contribution in [2.24, 2.45) is 0 Å². The molecule has 2 aliphatic heterocycles. The maximum atomic E-state index is 13.3. The molecule has 2 aromatic carbocycles. The summed E-state index contributed by atoms with van der Waals surface area (Å²) in [5.74, 6) is -3.48. The molecule has 0 aliphatic carbocycles. The number of aliphatic hydroxyl groups is 7. The Hall–Kier alpha value is -3.71. The zero-order valence-corrected chi connectivity index (χ0v) is 22.3. The third-order valence-corrected chi connectivity index (χ3v) is 7.31. The van der Waals surface area contributed by atoms with E-state index in [0.29, 0.717) is 0 Å². The van der Waals surface area contributed by atoms with Gasteiger partial charge in [-0.1, -0.05) is 0 Å². The van der Waals surface area contributed by atoms with Crippen molar-refractivity contribution in [1.82, 2.24) is 0 Å². The van der Waals surface area contributed by atoms with E-state index >= 15 is 0 Å². The maximum Gasteiger partial charge on any atom is 0.238 e. The molecular formula is C27H30O16. The van der Waals surface area contributed by atoms with Crippen LogP contribution in [0.4, 0.5) is 0 Å². The van der Waals surface area contributed by atoms with Gasteiger partial charge in [0.2, 0.25) is 29.5 Å². The summed E-state index contributed by atoms with van der Waals surface area (Å²) in [5.41, 5.74) is -1.65. The van der Waals surface area contributed by atoms with Gasteiger partial charge in [-0.15, -0.1) is 0 Å². The average molecular weight is 611 g/mol. The summed E-state index contributed by atoms with van der Waals surface area (Å²) in [5, 5.41) is 102. The van der Waals surface area contributed by atoms with Crippen LogP contribution in [0, 0.1) is 0 Å². The summed E-state index contributed by atoms with van der Waals surface area (Å²) < 4.78 is 28.2. The Morgan fingerprint density at radius 1 is 0.791 bits per heavy atom. The molecule has 3 heterocycles. The molecule has 0 spiro atoms. The highest BCUT2D eigenvalue weighted by Gasteiger charge is 2.47. The monoisotopic (exact) mass is 610 g/mol. The zero-order valence-electron chi connectivity index (χ0n) is 22.3. The highest BCUT2D eigenvalue weighted by atomic mass is 16.7. The Kier molecular flexibility index (Phi) is 8.41. The molecule has 5 rings (SSSR count). The maximum absolute atomic E-state index is 13.3. The standard InChI is InChI=1S/C27H30O16/c1-8-15(31)18(34)21(37)26(39-8)40-12-6-11(30)14-17(33)20(36)23(9-2-4-10(29)5-3-9)42-25(14)24(12)43-27-22(38)19(35)16(32)13(7-28)41-27/h2-6,8,13,15-16,18-19,21-22,26-32,34-38H,7H2,1H3/t8-,13-,15-,16-,18-,19-,21-,22-,26+,27+/m0/s1. The van der Waals surface area contributed by atoms with Crippen LogP contribution < -0.4 is 14.9 Å². The Morgan fingerprint density at radius 2 is 1.40 bits per heavy atom. The van der Waals surface area contributed by atoms with Gasteiger partial charge in [-0.3, -0.25) is 4.79 Å². The van der Waals surface area contributed by atoms with Gasteiger partial charge in [0, 0.05) is 11.6 Å².